The van der Waals surface area contributed by atoms with E-state index < -0.39 is 0 Å². The molecule has 4 heteroatoms. The largest absolute Gasteiger partial charge is 0.497 e. The molecule has 1 amide bonds. The number of likely N-dealkylation sites (N-methyl/N-ethyl adjacent to an activating group) is 1. The lowest BCUT2D eigenvalue weighted by Crippen LogP contribution is -3.08. The number of quaternary nitrogens is 1. The summed E-state index contributed by atoms with van der Waals surface area (Å²) in [6.45, 7) is 5.42. The molecule has 0 saturated carbocycles. The fourth-order valence-electron chi connectivity index (χ4n) is 2.89. The van der Waals surface area contributed by atoms with Crippen molar-refractivity contribution in [3.8, 4) is 5.75 Å². The SMILES string of the molecule is CC[C@H](NC(=O)C[NH+](C)Cc1ccc(OC)cc1)c1ccc(C)cc1. The molecule has 0 fully saturated rings. The van der Waals surface area contributed by atoms with E-state index >= 15 is 0 Å². The molecular formula is C21H29N2O2+. The van der Waals surface area contributed by atoms with Crippen LogP contribution in [0, 0.1) is 6.92 Å². The van der Waals surface area contributed by atoms with Crippen LogP contribution in [0.15, 0.2) is 48.5 Å². The van der Waals surface area contributed by atoms with Crippen molar-refractivity contribution in [1.29, 1.82) is 0 Å². The Labute approximate surface area is 150 Å². The second kappa shape index (κ2) is 9.23. The molecule has 2 atom stereocenters. The van der Waals surface area contributed by atoms with Crippen molar-refractivity contribution >= 4 is 5.91 Å². The number of carbonyl (C=O) groups is 1. The predicted octanol–water partition coefficient (Wildman–Crippen LogP) is 2.29. The Balaban J connectivity index is 1.87. The van der Waals surface area contributed by atoms with Gasteiger partial charge in [0, 0.05) is 5.56 Å². The average molecular weight is 341 g/mol. The summed E-state index contributed by atoms with van der Waals surface area (Å²) in [5, 5.41) is 3.16. The van der Waals surface area contributed by atoms with Gasteiger partial charge in [-0.05, 0) is 43.2 Å². The van der Waals surface area contributed by atoms with Crippen molar-refractivity contribution in [3.05, 3.63) is 65.2 Å². The van der Waals surface area contributed by atoms with Crippen molar-refractivity contribution in [1.82, 2.24) is 5.32 Å². The molecule has 0 aliphatic carbocycles. The number of benzene rings is 2. The van der Waals surface area contributed by atoms with Crippen LogP contribution in [0.1, 0.15) is 36.1 Å². The molecule has 0 heterocycles. The first-order valence-corrected chi connectivity index (χ1v) is 8.82. The molecule has 1 unspecified atom stereocenters. The summed E-state index contributed by atoms with van der Waals surface area (Å²) in [6, 6.07) is 16.4. The van der Waals surface area contributed by atoms with Gasteiger partial charge in [0.25, 0.3) is 5.91 Å². The highest BCUT2D eigenvalue weighted by molar-refractivity contribution is 5.77. The Morgan fingerprint density at radius 3 is 2.32 bits per heavy atom. The van der Waals surface area contributed by atoms with Crippen LogP contribution in [0.5, 0.6) is 5.75 Å². The number of methoxy groups -OCH3 is 1. The standard InChI is InChI=1S/C21H28N2O2/c1-5-20(18-10-6-16(2)7-11-18)22-21(24)15-23(3)14-17-8-12-19(25-4)13-9-17/h6-13,20H,5,14-15H2,1-4H3,(H,22,24)/p+1/t20-/m0/s1. The van der Waals surface area contributed by atoms with Gasteiger partial charge in [-0.15, -0.1) is 0 Å². The monoisotopic (exact) mass is 341 g/mol. The van der Waals surface area contributed by atoms with E-state index in [9.17, 15) is 4.79 Å². The summed E-state index contributed by atoms with van der Waals surface area (Å²) in [7, 11) is 3.70. The summed E-state index contributed by atoms with van der Waals surface area (Å²) in [5.41, 5.74) is 3.58. The van der Waals surface area contributed by atoms with Crippen LogP contribution >= 0.6 is 0 Å². The lowest BCUT2D eigenvalue weighted by atomic mass is 10.0. The number of rotatable bonds is 8. The molecule has 25 heavy (non-hydrogen) atoms. The van der Waals surface area contributed by atoms with Gasteiger partial charge in [0.15, 0.2) is 6.54 Å². The smallest absolute Gasteiger partial charge is 0.275 e. The third-order valence-corrected chi connectivity index (χ3v) is 4.35. The minimum Gasteiger partial charge on any atom is -0.497 e. The van der Waals surface area contributed by atoms with Crippen LogP contribution in [-0.4, -0.2) is 26.6 Å². The van der Waals surface area contributed by atoms with Gasteiger partial charge in [0.2, 0.25) is 0 Å². The molecule has 0 bridgehead atoms. The van der Waals surface area contributed by atoms with Crippen LogP contribution < -0.4 is 15.0 Å². The molecule has 2 N–H and O–H groups in total. The summed E-state index contributed by atoms with van der Waals surface area (Å²) in [4.78, 5) is 13.6. The first-order valence-electron chi connectivity index (χ1n) is 8.82. The van der Waals surface area contributed by atoms with Crippen molar-refractivity contribution in [2.45, 2.75) is 32.9 Å². The number of amides is 1. The fraction of sp³-hybridized carbons (Fsp3) is 0.381. The topological polar surface area (TPSA) is 42.8 Å². The second-order valence-corrected chi connectivity index (χ2v) is 6.60. The number of hydrogen-bond donors (Lipinski definition) is 2. The molecule has 0 saturated heterocycles. The van der Waals surface area contributed by atoms with Crippen LogP contribution in [0.4, 0.5) is 0 Å². The highest BCUT2D eigenvalue weighted by Gasteiger charge is 2.16. The predicted molar refractivity (Wildman–Crippen MR) is 101 cm³/mol. The Hall–Kier alpha value is -2.33. The Morgan fingerprint density at radius 2 is 1.76 bits per heavy atom. The van der Waals surface area contributed by atoms with Crippen molar-refractivity contribution in [3.63, 3.8) is 0 Å². The number of aryl methyl sites for hydroxylation is 1. The zero-order valence-corrected chi connectivity index (χ0v) is 15.6. The van der Waals surface area contributed by atoms with E-state index in [1.54, 1.807) is 7.11 Å². The van der Waals surface area contributed by atoms with Gasteiger partial charge in [-0.1, -0.05) is 36.8 Å². The fourth-order valence-corrected chi connectivity index (χ4v) is 2.89. The van der Waals surface area contributed by atoms with Gasteiger partial charge >= 0.3 is 0 Å². The number of carbonyl (C=O) groups excluding carboxylic acids is 1. The molecule has 2 aromatic rings. The second-order valence-electron chi connectivity index (χ2n) is 6.60. The number of nitrogens with one attached hydrogen (secondary N) is 2. The van der Waals surface area contributed by atoms with E-state index in [0.717, 1.165) is 29.2 Å². The maximum absolute atomic E-state index is 12.4. The molecule has 4 nitrogen and oxygen atoms in total. The van der Waals surface area contributed by atoms with E-state index in [2.05, 4.69) is 43.4 Å². The van der Waals surface area contributed by atoms with Gasteiger partial charge in [-0.2, -0.15) is 0 Å². The van der Waals surface area contributed by atoms with E-state index in [1.807, 2.05) is 31.3 Å². The minimum absolute atomic E-state index is 0.0712. The van der Waals surface area contributed by atoms with E-state index in [-0.39, 0.29) is 11.9 Å². The number of ether oxygens (including phenoxy) is 1. The molecule has 0 aliphatic rings. The summed E-state index contributed by atoms with van der Waals surface area (Å²) in [5.74, 6) is 0.932. The molecule has 0 radical (unpaired) electrons. The normalized spacial score (nSPS) is 13.1. The van der Waals surface area contributed by atoms with Crippen molar-refractivity contribution in [2.75, 3.05) is 20.7 Å². The summed E-state index contributed by atoms with van der Waals surface area (Å²) < 4.78 is 5.17. The quantitative estimate of drug-likeness (QED) is 0.774. The average Bonchev–Trinajstić information content (AvgIpc) is 2.61. The summed E-state index contributed by atoms with van der Waals surface area (Å²) >= 11 is 0. The van der Waals surface area contributed by atoms with Gasteiger partial charge < -0.3 is 15.0 Å². The molecule has 0 spiro atoms. The highest BCUT2D eigenvalue weighted by Crippen LogP contribution is 2.16. The Kier molecular flexibility index (Phi) is 7.02. The first kappa shape index (κ1) is 19.0. The zero-order chi connectivity index (χ0) is 18.2. The van der Waals surface area contributed by atoms with Crippen LogP contribution in [0.25, 0.3) is 0 Å². The van der Waals surface area contributed by atoms with Crippen LogP contribution in [-0.2, 0) is 11.3 Å². The third kappa shape index (κ3) is 5.91. The third-order valence-electron chi connectivity index (χ3n) is 4.35. The maximum Gasteiger partial charge on any atom is 0.275 e. The van der Waals surface area contributed by atoms with Crippen LogP contribution in [0.3, 0.4) is 0 Å². The Bertz CT molecular complexity index is 665. The molecular weight excluding hydrogens is 312 g/mol. The minimum atomic E-state index is 0.0712. The maximum atomic E-state index is 12.4. The molecule has 2 rings (SSSR count). The Morgan fingerprint density at radius 1 is 1.12 bits per heavy atom. The molecule has 2 aromatic carbocycles. The van der Waals surface area contributed by atoms with E-state index in [1.165, 1.54) is 11.1 Å². The van der Waals surface area contributed by atoms with Crippen molar-refractivity contribution in [2.24, 2.45) is 0 Å². The van der Waals surface area contributed by atoms with E-state index in [4.69, 9.17) is 4.74 Å². The lowest BCUT2D eigenvalue weighted by molar-refractivity contribution is -0.885. The zero-order valence-electron chi connectivity index (χ0n) is 15.6. The first-order chi connectivity index (χ1) is 12.0. The van der Waals surface area contributed by atoms with E-state index in [0.29, 0.717) is 6.54 Å². The van der Waals surface area contributed by atoms with Crippen LogP contribution in [0.2, 0.25) is 0 Å². The molecule has 134 valence electrons. The summed E-state index contributed by atoms with van der Waals surface area (Å²) in [6.07, 6.45) is 0.881. The number of hydrogen-bond acceptors (Lipinski definition) is 2. The highest BCUT2D eigenvalue weighted by atomic mass is 16.5. The molecule has 0 aliphatic heterocycles. The van der Waals surface area contributed by atoms with Gasteiger partial charge in [0.05, 0.1) is 20.2 Å². The van der Waals surface area contributed by atoms with Gasteiger partial charge in [-0.3, -0.25) is 4.79 Å². The lowest BCUT2D eigenvalue weighted by Gasteiger charge is -2.19. The van der Waals surface area contributed by atoms with Crippen molar-refractivity contribution < 1.29 is 14.4 Å². The van der Waals surface area contributed by atoms with Gasteiger partial charge in [-0.25, -0.2) is 0 Å². The van der Waals surface area contributed by atoms with Gasteiger partial charge in [0.1, 0.15) is 12.3 Å². The molecule has 0 aromatic heterocycles.